The van der Waals surface area contributed by atoms with Gasteiger partial charge in [-0.2, -0.15) is 0 Å². The Morgan fingerprint density at radius 1 is 1.17 bits per heavy atom. The fourth-order valence-electron chi connectivity index (χ4n) is 3.85. The average molecular weight is 392 g/mol. The number of carbonyl (C=O) groups excluding carboxylic acids is 1. The van der Waals surface area contributed by atoms with E-state index in [2.05, 4.69) is 9.97 Å². The molecule has 29 heavy (non-hydrogen) atoms. The number of hydrogen-bond donors (Lipinski definition) is 0. The lowest BCUT2D eigenvalue weighted by Gasteiger charge is -2.32. The molecule has 7 heteroatoms. The number of carbonyl (C=O) groups is 1. The summed E-state index contributed by atoms with van der Waals surface area (Å²) < 4.78 is 7.15. The first-order valence-electron chi connectivity index (χ1n) is 9.84. The van der Waals surface area contributed by atoms with Crippen molar-refractivity contribution in [2.45, 2.75) is 33.2 Å². The molecule has 0 saturated carbocycles. The maximum Gasteiger partial charge on any atom is 0.257 e. The molecule has 1 amide bonds. The van der Waals surface area contributed by atoms with Crippen LogP contribution in [-0.2, 0) is 6.54 Å². The maximum absolute atomic E-state index is 12.7. The Morgan fingerprint density at radius 2 is 1.90 bits per heavy atom. The normalized spacial score (nSPS) is 14.9. The number of amides is 1. The molecule has 3 aromatic heterocycles. The van der Waals surface area contributed by atoms with Crippen molar-refractivity contribution >= 4 is 5.91 Å². The zero-order valence-corrected chi connectivity index (χ0v) is 16.7. The Bertz CT molecular complexity index is 1060. The van der Waals surface area contributed by atoms with E-state index in [1.54, 1.807) is 35.4 Å². The number of aromatic nitrogens is 3. The molecule has 4 heterocycles. The van der Waals surface area contributed by atoms with Gasteiger partial charge in [0, 0.05) is 43.7 Å². The molecule has 0 aromatic carbocycles. The topological polar surface area (TPSA) is 81.2 Å². The van der Waals surface area contributed by atoms with E-state index in [0.29, 0.717) is 42.6 Å². The van der Waals surface area contributed by atoms with Crippen molar-refractivity contribution < 1.29 is 9.21 Å². The van der Waals surface area contributed by atoms with Gasteiger partial charge in [0.25, 0.3) is 11.5 Å². The molecule has 0 N–H and O–H groups in total. The van der Waals surface area contributed by atoms with E-state index < -0.39 is 0 Å². The molecule has 1 aliphatic rings. The summed E-state index contributed by atoms with van der Waals surface area (Å²) in [6.07, 6.45) is 6.71. The van der Waals surface area contributed by atoms with Crippen LogP contribution in [0.1, 0.15) is 34.7 Å². The summed E-state index contributed by atoms with van der Waals surface area (Å²) in [5, 5.41) is 0. The molecular formula is C22H24N4O3. The van der Waals surface area contributed by atoms with Gasteiger partial charge >= 0.3 is 0 Å². The summed E-state index contributed by atoms with van der Waals surface area (Å²) in [6.45, 7) is 5.66. The Morgan fingerprint density at radius 3 is 2.52 bits per heavy atom. The quantitative estimate of drug-likeness (QED) is 0.682. The minimum Gasteiger partial charge on any atom is -0.466 e. The predicted molar refractivity (Wildman–Crippen MR) is 109 cm³/mol. The van der Waals surface area contributed by atoms with Gasteiger partial charge in [-0.15, -0.1) is 0 Å². The van der Waals surface area contributed by atoms with E-state index in [9.17, 15) is 9.59 Å². The summed E-state index contributed by atoms with van der Waals surface area (Å²) in [5.41, 5.74) is 2.11. The minimum atomic E-state index is -0.0604. The molecule has 1 saturated heterocycles. The first-order chi connectivity index (χ1) is 14.0. The van der Waals surface area contributed by atoms with Crippen LogP contribution in [0.5, 0.6) is 0 Å². The van der Waals surface area contributed by atoms with E-state index in [1.807, 2.05) is 30.9 Å². The van der Waals surface area contributed by atoms with Crippen LogP contribution in [0.2, 0.25) is 0 Å². The highest BCUT2D eigenvalue weighted by atomic mass is 16.3. The second-order valence-corrected chi connectivity index (χ2v) is 7.56. The van der Waals surface area contributed by atoms with E-state index >= 15 is 0 Å². The van der Waals surface area contributed by atoms with Gasteiger partial charge in [-0.05, 0) is 50.8 Å². The van der Waals surface area contributed by atoms with Crippen molar-refractivity contribution in [3.8, 4) is 11.3 Å². The predicted octanol–water partition coefficient (Wildman–Crippen LogP) is 3.07. The van der Waals surface area contributed by atoms with Crippen molar-refractivity contribution in [1.82, 2.24) is 19.4 Å². The van der Waals surface area contributed by atoms with Crippen molar-refractivity contribution in [1.29, 1.82) is 0 Å². The SMILES string of the molecule is Cc1cc(C(=O)N2CCC(Cn3cnc(-c4ccncc4)cc3=O)CC2)c(C)o1. The van der Waals surface area contributed by atoms with Gasteiger partial charge in [0.05, 0.1) is 17.6 Å². The molecule has 1 fully saturated rings. The molecule has 3 aromatic rings. The number of piperidine rings is 1. The monoisotopic (exact) mass is 392 g/mol. The summed E-state index contributed by atoms with van der Waals surface area (Å²) in [7, 11) is 0. The standard InChI is InChI=1S/C22H24N4O3/c1-15-11-19(16(2)29-15)22(28)25-9-5-17(6-10-25)13-26-14-24-20(12-21(26)27)18-3-7-23-8-4-18/h3-4,7-8,11-12,14,17H,5-6,9-10,13H2,1-2H3. The number of aryl methyl sites for hydroxylation is 2. The highest BCUT2D eigenvalue weighted by molar-refractivity contribution is 5.95. The molecule has 1 aliphatic heterocycles. The van der Waals surface area contributed by atoms with E-state index in [0.717, 1.165) is 24.2 Å². The molecule has 0 atom stereocenters. The van der Waals surface area contributed by atoms with Crippen molar-refractivity contribution in [3.63, 3.8) is 0 Å². The number of furan rings is 1. The molecule has 7 nitrogen and oxygen atoms in total. The fraction of sp³-hybridized carbons (Fsp3) is 0.364. The third-order valence-corrected chi connectivity index (χ3v) is 5.48. The number of pyridine rings is 1. The van der Waals surface area contributed by atoms with E-state index in [-0.39, 0.29) is 11.5 Å². The largest absolute Gasteiger partial charge is 0.466 e. The van der Waals surface area contributed by atoms with Crippen LogP contribution >= 0.6 is 0 Å². The lowest BCUT2D eigenvalue weighted by molar-refractivity contribution is 0.0680. The molecule has 0 unspecified atom stereocenters. The summed E-state index contributed by atoms with van der Waals surface area (Å²) in [6, 6.07) is 7.04. The molecule has 0 aliphatic carbocycles. The third-order valence-electron chi connectivity index (χ3n) is 5.48. The van der Waals surface area contributed by atoms with E-state index in [4.69, 9.17) is 4.42 Å². The van der Waals surface area contributed by atoms with Gasteiger partial charge in [0.1, 0.15) is 11.5 Å². The lowest BCUT2D eigenvalue weighted by atomic mass is 9.96. The fourth-order valence-corrected chi connectivity index (χ4v) is 3.85. The highest BCUT2D eigenvalue weighted by Gasteiger charge is 2.26. The van der Waals surface area contributed by atoms with Gasteiger partial charge in [-0.1, -0.05) is 0 Å². The third kappa shape index (κ3) is 4.13. The Balaban J connectivity index is 1.38. The molecule has 150 valence electrons. The average Bonchev–Trinajstić information content (AvgIpc) is 3.08. The Hall–Kier alpha value is -3.22. The lowest BCUT2D eigenvalue weighted by Crippen LogP contribution is -2.40. The van der Waals surface area contributed by atoms with Crippen molar-refractivity contribution in [2.24, 2.45) is 5.92 Å². The Labute approximate surface area is 169 Å². The summed E-state index contributed by atoms with van der Waals surface area (Å²) in [4.78, 5) is 35.5. The smallest absolute Gasteiger partial charge is 0.257 e. The van der Waals surface area contributed by atoms with Crippen LogP contribution in [0.25, 0.3) is 11.3 Å². The van der Waals surface area contributed by atoms with Crippen molar-refractivity contribution in [2.75, 3.05) is 13.1 Å². The second kappa shape index (κ2) is 8.03. The summed E-state index contributed by atoms with van der Waals surface area (Å²) in [5.74, 6) is 1.79. The molecular weight excluding hydrogens is 368 g/mol. The number of likely N-dealkylation sites (tertiary alicyclic amines) is 1. The molecule has 0 radical (unpaired) electrons. The highest BCUT2D eigenvalue weighted by Crippen LogP contribution is 2.23. The number of hydrogen-bond acceptors (Lipinski definition) is 5. The maximum atomic E-state index is 12.7. The van der Waals surface area contributed by atoms with Crippen LogP contribution in [0.4, 0.5) is 0 Å². The minimum absolute atomic E-state index is 0.0262. The first-order valence-corrected chi connectivity index (χ1v) is 9.84. The van der Waals surface area contributed by atoms with Crippen molar-refractivity contribution in [3.05, 3.63) is 70.4 Å². The molecule has 4 rings (SSSR count). The summed E-state index contributed by atoms with van der Waals surface area (Å²) >= 11 is 0. The van der Waals surface area contributed by atoms with Gasteiger partial charge in [-0.3, -0.25) is 19.1 Å². The van der Waals surface area contributed by atoms with Crippen LogP contribution in [0, 0.1) is 19.8 Å². The first kappa shape index (κ1) is 19.1. The van der Waals surface area contributed by atoms with Crippen LogP contribution in [0.3, 0.4) is 0 Å². The van der Waals surface area contributed by atoms with Crippen LogP contribution < -0.4 is 5.56 Å². The van der Waals surface area contributed by atoms with Crippen LogP contribution in [-0.4, -0.2) is 38.4 Å². The van der Waals surface area contributed by atoms with Crippen LogP contribution in [0.15, 0.2) is 52.2 Å². The second-order valence-electron chi connectivity index (χ2n) is 7.56. The number of rotatable bonds is 4. The molecule has 0 bridgehead atoms. The van der Waals surface area contributed by atoms with Gasteiger partial charge < -0.3 is 9.32 Å². The van der Waals surface area contributed by atoms with Gasteiger partial charge in [0.2, 0.25) is 0 Å². The zero-order chi connectivity index (χ0) is 20.4. The Kier molecular flexibility index (Phi) is 5.29. The van der Waals surface area contributed by atoms with Gasteiger partial charge in [-0.25, -0.2) is 4.98 Å². The van der Waals surface area contributed by atoms with Gasteiger partial charge in [0.15, 0.2) is 0 Å². The zero-order valence-electron chi connectivity index (χ0n) is 16.7. The van der Waals surface area contributed by atoms with E-state index in [1.165, 1.54) is 0 Å². The molecule has 0 spiro atoms. The number of nitrogens with zero attached hydrogens (tertiary/aromatic N) is 4.